The molecule has 2 unspecified atom stereocenters. The van der Waals surface area contributed by atoms with E-state index >= 15 is 0 Å². The van der Waals surface area contributed by atoms with Gasteiger partial charge in [0.1, 0.15) is 0 Å². The number of amides is 1. The maximum Gasteiger partial charge on any atom is 0.276 e. The van der Waals surface area contributed by atoms with Crippen LogP contribution in [0.15, 0.2) is 12.1 Å². The molecule has 3 fully saturated rings. The van der Waals surface area contributed by atoms with Crippen molar-refractivity contribution in [3.63, 3.8) is 0 Å². The van der Waals surface area contributed by atoms with Gasteiger partial charge in [-0.15, -0.1) is 0 Å². The summed E-state index contributed by atoms with van der Waals surface area (Å²) in [6.07, 6.45) is 2.04. The quantitative estimate of drug-likeness (QED) is 0.859. The van der Waals surface area contributed by atoms with Gasteiger partial charge in [-0.3, -0.25) is 4.79 Å². The SMILES string of the molecule is COc1ccc(F)c(C(=O)N2CC3CCC2CN3)n1. The van der Waals surface area contributed by atoms with Crippen LogP contribution < -0.4 is 10.1 Å². The molecule has 5 nitrogen and oxygen atoms in total. The number of ether oxygens (including phenoxy) is 1. The van der Waals surface area contributed by atoms with Crippen molar-refractivity contribution in [1.82, 2.24) is 15.2 Å². The lowest BCUT2D eigenvalue weighted by atomic mass is 9.93. The number of carbonyl (C=O) groups excluding carboxylic acids is 1. The fraction of sp³-hybridized carbons (Fsp3) is 0.538. The Morgan fingerprint density at radius 2 is 2.37 bits per heavy atom. The molecule has 2 bridgehead atoms. The van der Waals surface area contributed by atoms with Crippen LogP contribution in [0.4, 0.5) is 4.39 Å². The van der Waals surface area contributed by atoms with Gasteiger partial charge in [-0.2, -0.15) is 0 Å². The van der Waals surface area contributed by atoms with Gasteiger partial charge in [-0.1, -0.05) is 0 Å². The zero-order valence-corrected chi connectivity index (χ0v) is 10.7. The summed E-state index contributed by atoms with van der Waals surface area (Å²) in [4.78, 5) is 18.1. The molecule has 0 aliphatic carbocycles. The molecule has 1 N–H and O–H groups in total. The van der Waals surface area contributed by atoms with Crippen LogP contribution in [0.3, 0.4) is 0 Å². The maximum absolute atomic E-state index is 13.8. The lowest BCUT2D eigenvalue weighted by molar-refractivity contribution is 0.0429. The van der Waals surface area contributed by atoms with E-state index in [1.165, 1.54) is 19.2 Å². The fourth-order valence-corrected chi connectivity index (χ4v) is 2.78. The van der Waals surface area contributed by atoms with E-state index in [1.807, 2.05) is 0 Å². The van der Waals surface area contributed by atoms with Gasteiger partial charge in [-0.25, -0.2) is 9.37 Å². The molecule has 4 heterocycles. The number of nitrogens with zero attached hydrogens (tertiary/aromatic N) is 2. The minimum absolute atomic E-state index is 0.143. The van der Waals surface area contributed by atoms with Crippen LogP contribution in [0.1, 0.15) is 23.3 Å². The highest BCUT2D eigenvalue weighted by molar-refractivity contribution is 5.93. The van der Waals surface area contributed by atoms with Gasteiger partial charge >= 0.3 is 0 Å². The van der Waals surface area contributed by atoms with Crippen LogP contribution in [-0.4, -0.2) is 48.1 Å². The molecule has 2 atom stereocenters. The Bertz CT molecular complexity index is 501. The normalized spacial score (nSPS) is 25.5. The van der Waals surface area contributed by atoms with Crippen molar-refractivity contribution in [2.24, 2.45) is 0 Å². The van der Waals surface area contributed by atoms with Gasteiger partial charge in [0.25, 0.3) is 5.91 Å². The number of carbonyl (C=O) groups is 1. The molecule has 3 aliphatic heterocycles. The monoisotopic (exact) mass is 265 g/mol. The highest BCUT2D eigenvalue weighted by atomic mass is 19.1. The van der Waals surface area contributed by atoms with Crippen molar-refractivity contribution >= 4 is 5.91 Å². The largest absolute Gasteiger partial charge is 0.481 e. The van der Waals surface area contributed by atoms with Crippen molar-refractivity contribution in [3.05, 3.63) is 23.6 Å². The molecule has 0 spiro atoms. The van der Waals surface area contributed by atoms with Crippen LogP contribution in [-0.2, 0) is 0 Å². The number of fused-ring (bicyclic) bond motifs is 3. The lowest BCUT2D eigenvalue weighted by Gasteiger charge is -2.45. The van der Waals surface area contributed by atoms with Gasteiger partial charge in [0, 0.05) is 31.2 Å². The highest BCUT2D eigenvalue weighted by Gasteiger charge is 2.37. The zero-order valence-electron chi connectivity index (χ0n) is 10.7. The average Bonchev–Trinajstić information content (AvgIpc) is 2.48. The molecular formula is C13H16FN3O2. The summed E-state index contributed by atoms with van der Waals surface area (Å²) in [5, 5.41) is 3.36. The van der Waals surface area contributed by atoms with Crippen molar-refractivity contribution in [1.29, 1.82) is 0 Å². The van der Waals surface area contributed by atoms with Crippen LogP contribution in [0.5, 0.6) is 5.88 Å². The molecular weight excluding hydrogens is 249 g/mol. The van der Waals surface area contributed by atoms with E-state index in [4.69, 9.17) is 4.74 Å². The summed E-state index contributed by atoms with van der Waals surface area (Å²) in [5.41, 5.74) is -0.146. The molecule has 0 aromatic carbocycles. The third-order valence-electron chi connectivity index (χ3n) is 3.84. The van der Waals surface area contributed by atoms with E-state index in [-0.39, 0.29) is 23.5 Å². The summed E-state index contributed by atoms with van der Waals surface area (Å²) >= 11 is 0. The summed E-state index contributed by atoms with van der Waals surface area (Å²) in [7, 11) is 1.45. The lowest BCUT2D eigenvalue weighted by Crippen LogP contribution is -2.62. The number of rotatable bonds is 2. The Morgan fingerprint density at radius 3 is 2.95 bits per heavy atom. The number of hydrogen-bond donors (Lipinski definition) is 1. The number of piperidine rings is 2. The van der Waals surface area contributed by atoms with Crippen molar-refractivity contribution in [3.8, 4) is 5.88 Å². The van der Waals surface area contributed by atoms with E-state index in [2.05, 4.69) is 10.3 Å². The van der Waals surface area contributed by atoms with Crippen LogP contribution in [0.2, 0.25) is 0 Å². The Morgan fingerprint density at radius 1 is 1.53 bits per heavy atom. The fourth-order valence-electron chi connectivity index (χ4n) is 2.78. The van der Waals surface area contributed by atoms with Gasteiger partial charge < -0.3 is 15.0 Å². The molecule has 3 saturated heterocycles. The second kappa shape index (κ2) is 4.77. The minimum Gasteiger partial charge on any atom is -0.481 e. The average molecular weight is 265 g/mol. The van der Waals surface area contributed by atoms with E-state index in [0.29, 0.717) is 12.6 Å². The number of methoxy groups -OCH3 is 1. The summed E-state index contributed by atoms with van der Waals surface area (Å²) in [6.45, 7) is 1.41. The van der Waals surface area contributed by atoms with E-state index in [0.717, 1.165) is 19.4 Å². The van der Waals surface area contributed by atoms with Crippen molar-refractivity contribution in [2.75, 3.05) is 20.2 Å². The standard InChI is InChI=1S/C13H16FN3O2/c1-19-11-5-4-10(14)12(16-11)13(18)17-7-8-2-3-9(17)6-15-8/h4-5,8-9,15H,2-3,6-7H2,1H3. The second-order valence-corrected chi connectivity index (χ2v) is 4.98. The minimum atomic E-state index is -0.597. The first-order valence-corrected chi connectivity index (χ1v) is 6.44. The number of aromatic nitrogens is 1. The molecule has 19 heavy (non-hydrogen) atoms. The first kappa shape index (κ1) is 12.3. The number of nitrogens with one attached hydrogen (secondary N) is 1. The summed E-state index contributed by atoms with van der Waals surface area (Å²) in [6, 6.07) is 3.10. The Kier molecular flexibility index (Phi) is 3.10. The molecule has 0 saturated carbocycles. The second-order valence-electron chi connectivity index (χ2n) is 4.98. The summed E-state index contributed by atoms with van der Waals surface area (Å²) < 4.78 is 18.7. The molecule has 102 valence electrons. The molecule has 1 aromatic rings. The number of halogens is 1. The number of hydrogen-bond acceptors (Lipinski definition) is 4. The predicted molar refractivity (Wildman–Crippen MR) is 66.6 cm³/mol. The number of piperazine rings is 1. The smallest absolute Gasteiger partial charge is 0.276 e. The van der Waals surface area contributed by atoms with Crippen LogP contribution in [0.25, 0.3) is 0 Å². The highest BCUT2D eigenvalue weighted by Crippen LogP contribution is 2.24. The Balaban J connectivity index is 1.87. The predicted octanol–water partition coefficient (Wildman–Crippen LogP) is 0.806. The number of pyridine rings is 1. The van der Waals surface area contributed by atoms with E-state index in [9.17, 15) is 9.18 Å². The van der Waals surface area contributed by atoms with Crippen LogP contribution >= 0.6 is 0 Å². The third-order valence-corrected chi connectivity index (χ3v) is 3.84. The first-order chi connectivity index (χ1) is 9.19. The van der Waals surface area contributed by atoms with Gasteiger partial charge in [-0.05, 0) is 18.9 Å². The molecule has 1 amide bonds. The molecule has 3 aliphatic rings. The summed E-state index contributed by atoms with van der Waals surface area (Å²) in [5.74, 6) is -0.683. The van der Waals surface area contributed by atoms with Gasteiger partial charge in [0.2, 0.25) is 5.88 Å². The molecule has 4 rings (SSSR count). The third kappa shape index (κ3) is 2.16. The topological polar surface area (TPSA) is 54.5 Å². The van der Waals surface area contributed by atoms with Gasteiger partial charge in [0.15, 0.2) is 11.5 Å². The first-order valence-electron chi connectivity index (χ1n) is 6.44. The van der Waals surface area contributed by atoms with Crippen molar-refractivity contribution in [2.45, 2.75) is 24.9 Å². The van der Waals surface area contributed by atoms with Crippen molar-refractivity contribution < 1.29 is 13.9 Å². The van der Waals surface area contributed by atoms with Gasteiger partial charge in [0.05, 0.1) is 7.11 Å². The zero-order chi connectivity index (χ0) is 13.4. The van der Waals surface area contributed by atoms with E-state index in [1.54, 1.807) is 4.90 Å². The Labute approximate surface area is 110 Å². The van der Waals surface area contributed by atoms with E-state index < -0.39 is 5.82 Å². The Hall–Kier alpha value is -1.69. The molecule has 0 radical (unpaired) electrons. The maximum atomic E-state index is 13.8. The van der Waals surface area contributed by atoms with Crippen LogP contribution in [0, 0.1) is 5.82 Å². The molecule has 1 aromatic heterocycles. The molecule has 6 heteroatoms.